The molecule has 2 aromatic carbocycles. The van der Waals surface area contributed by atoms with Crippen molar-refractivity contribution in [1.29, 1.82) is 0 Å². The molecule has 3 fully saturated rings. The fourth-order valence-electron chi connectivity index (χ4n) is 9.96. The lowest BCUT2D eigenvalue weighted by Crippen LogP contribution is -2.56. The average molecular weight is 656 g/mol. The second-order valence-corrected chi connectivity index (χ2v) is 14.9. The van der Waals surface area contributed by atoms with Crippen molar-refractivity contribution in [3.05, 3.63) is 83.1 Å². The highest BCUT2D eigenvalue weighted by Gasteiger charge is 2.63. The fraction of sp³-hybridized carbons (Fsp3) is 0.550. The number of hydrogen-bond donors (Lipinski definition) is 1. The summed E-state index contributed by atoms with van der Waals surface area (Å²) >= 11 is 0. The molecular weight excluding hydrogens is 606 g/mol. The summed E-state index contributed by atoms with van der Waals surface area (Å²) in [6.07, 6.45) is 6.05. The van der Waals surface area contributed by atoms with Crippen LogP contribution in [-0.2, 0) is 30.4 Å². The Kier molecular flexibility index (Phi) is 9.82. The van der Waals surface area contributed by atoms with Crippen LogP contribution in [0.25, 0.3) is 0 Å². The van der Waals surface area contributed by atoms with Gasteiger partial charge in [-0.2, -0.15) is 0 Å². The Hall–Kier alpha value is -3.94. The van der Waals surface area contributed by atoms with E-state index in [0.29, 0.717) is 30.5 Å². The Morgan fingerprint density at radius 3 is 2.35 bits per heavy atom. The van der Waals surface area contributed by atoms with Gasteiger partial charge in [-0.25, -0.2) is 9.59 Å². The predicted molar refractivity (Wildman–Crippen MR) is 180 cm³/mol. The number of carbonyl (C=O) groups is 4. The second kappa shape index (κ2) is 13.9. The number of benzene rings is 2. The van der Waals surface area contributed by atoms with Gasteiger partial charge in [-0.3, -0.25) is 14.9 Å². The van der Waals surface area contributed by atoms with Crippen molar-refractivity contribution in [2.75, 3.05) is 7.11 Å². The van der Waals surface area contributed by atoms with Gasteiger partial charge in [0, 0.05) is 11.8 Å². The van der Waals surface area contributed by atoms with Gasteiger partial charge in [0.25, 0.3) is 0 Å². The van der Waals surface area contributed by atoms with Crippen molar-refractivity contribution in [1.82, 2.24) is 5.32 Å². The number of nitrogens with one attached hydrogen (secondary N) is 1. The summed E-state index contributed by atoms with van der Waals surface area (Å²) in [6.45, 7) is 6.61. The summed E-state index contributed by atoms with van der Waals surface area (Å²) in [5, 5.41) is 3.03. The van der Waals surface area contributed by atoms with Crippen LogP contribution < -0.4 is 5.32 Å². The third kappa shape index (κ3) is 6.30. The van der Waals surface area contributed by atoms with Crippen LogP contribution in [0.15, 0.2) is 71.9 Å². The first-order valence-electron chi connectivity index (χ1n) is 17.7. The standard InChI is InChI=1S/C40H49NO7/c1-25(15-20-33(42)46-4)31-18-19-32-30-17-16-28-23-29(48-37(44)27-13-9-6-10-14-27)21-22-39(28,2)34(30)35(36(43)40(31,32)3)41-38(45)47-24-26-11-7-5-8-12-26/h5-14,25,28-32H,15-24H2,1-4H3,(H,41,45)/t25?,28-,29-,30?,31-,32?,39+,40-/m1/s1. The summed E-state index contributed by atoms with van der Waals surface area (Å²) < 4.78 is 16.6. The van der Waals surface area contributed by atoms with E-state index in [1.807, 2.05) is 48.5 Å². The molecule has 0 spiro atoms. The van der Waals surface area contributed by atoms with Gasteiger partial charge in [0.15, 0.2) is 5.78 Å². The molecule has 48 heavy (non-hydrogen) atoms. The smallest absolute Gasteiger partial charge is 0.412 e. The topological polar surface area (TPSA) is 108 Å². The molecule has 0 bridgehead atoms. The van der Waals surface area contributed by atoms with Crippen molar-refractivity contribution >= 4 is 23.8 Å². The molecule has 0 heterocycles. The number of fused-ring (bicyclic) bond motifs is 5. The third-order valence-electron chi connectivity index (χ3n) is 12.5. The number of alkyl carbamates (subject to hydrolysis) is 1. The maximum Gasteiger partial charge on any atom is 0.412 e. The van der Waals surface area contributed by atoms with E-state index in [1.165, 1.54) is 7.11 Å². The Balaban J connectivity index is 1.30. The van der Waals surface area contributed by atoms with Crippen molar-refractivity contribution in [2.24, 2.45) is 40.4 Å². The van der Waals surface area contributed by atoms with E-state index in [2.05, 4.69) is 26.1 Å². The van der Waals surface area contributed by atoms with Crippen molar-refractivity contribution in [3.63, 3.8) is 0 Å². The molecule has 0 saturated heterocycles. The molecule has 0 aliphatic heterocycles. The molecule has 3 unspecified atom stereocenters. The maximum absolute atomic E-state index is 15.0. The van der Waals surface area contributed by atoms with Gasteiger partial charge in [0.2, 0.25) is 0 Å². The Morgan fingerprint density at radius 2 is 1.65 bits per heavy atom. The third-order valence-corrected chi connectivity index (χ3v) is 12.5. The summed E-state index contributed by atoms with van der Waals surface area (Å²) in [6, 6.07) is 18.6. The fourth-order valence-corrected chi connectivity index (χ4v) is 9.96. The van der Waals surface area contributed by atoms with E-state index >= 15 is 0 Å². The van der Waals surface area contributed by atoms with Crippen LogP contribution in [0.1, 0.15) is 94.5 Å². The molecule has 0 aromatic heterocycles. The van der Waals surface area contributed by atoms with Crippen LogP contribution in [0.4, 0.5) is 4.79 Å². The van der Waals surface area contributed by atoms with Crippen LogP contribution in [0, 0.1) is 40.4 Å². The van der Waals surface area contributed by atoms with Crippen LogP contribution in [-0.4, -0.2) is 37.0 Å². The quantitative estimate of drug-likeness (QED) is 0.217. The molecule has 3 saturated carbocycles. The van der Waals surface area contributed by atoms with Crippen LogP contribution in [0.3, 0.4) is 0 Å². The van der Waals surface area contributed by atoms with Crippen LogP contribution in [0.2, 0.25) is 0 Å². The molecule has 8 nitrogen and oxygen atoms in total. The lowest BCUT2D eigenvalue weighted by atomic mass is 9.47. The largest absolute Gasteiger partial charge is 0.469 e. The van der Waals surface area contributed by atoms with Gasteiger partial charge in [-0.15, -0.1) is 0 Å². The zero-order valence-corrected chi connectivity index (χ0v) is 28.7. The molecule has 256 valence electrons. The maximum atomic E-state index is 15.0. The minimum absolute atomic E-state index is 0.0117. The van der Waals surface area contributed by atoms with Crippen molar-refractivity contribution in [2.45, 2.75) is 91.3 Å². The number of ether oxygens (including phenoxy) is 3. The summed E-state index contributed by atoms with van der Waals surface area (Å²) in [4.78, 5) is 53.4. The highest BCUT2D eigenvalue weighted by Crippen LogP contribution is 2.66. The molecule has 1 amide bonds. The number of hydrogen-bond acceptors (Lipinski definition) is 7. The van der Waals surface area contributed by atoms with Crippen LogP contribution in [0.5, 0.6) is 0 Å². The van der Waals surface area contributed by atoms with Gasteiger partial charge in [-0.05, 0) is 110 Å². The number of rotatable bonds is 9. The number of carbonyl (C=O) groups excluding carboxylic acids is 4. The van der Waals surface area contributed by atoms with E-state index in [4.69, 9.17) is 14.2 Å². The molecule has 8 atom stereocenters. The van der Waals surface area contributed by atoms with Gasteiger partial charge < -0.3 is 14.2 Å². The Morgan fingerprint density at radius 1 is 0.938 bits per heavy atom. The minimum Gasteiger partial charge on any atom is -0.469 e. The molecule has 4 aliphatic rings. The van der Waals surface area contributed by atoms with Gasteiger partial charge in [0.05, 0.1) is 18.4 Å². The number of esters is 2. The SMILES string of the molecule is COC(=O)CCC(C)[C@H]1CCC2C3CC[C@@H]4C[C@H](OC(=O)c5ccccc5)CC[C@]4(C)C3=C(NC(=O)OCc3ccccc3)C(=O)[C@@]21C. The first kappa shape index (κ1) is 33.9. The molecule has 8 heteroatoms. The van der Waals surface area contributed by atoms with Gasteiger partial charge in [0.1, 0.15) is 12.7 Å². The van der Waals surface area contributed by atoms with E-state index < -0.39 is 11.5 Å². The first-order chi connectivity index (χ1) is 23.1. The Bertz CT molecular complexity index is 1550. The summed E-state index contributed by atoms with van der Waals surface area (Å²) in [7, 11) is 1.41. The van der Waals surface area contributed by atoms with Crippen LogP contribution >= 0.6 is 0 Å². The number of ketones is 1. The highest BCUT2D eigenvalue weighted by molar-refractivity contribution is 6.04. The highest BCUT2D eigenvalue weighted by atomic mass is 16.6. The molecule has 2 aromatic rings. The van der Waals surface area contributed by atoms with E-state index in [1.54, 1.807) is 12.1 Å². The number of methoxy groups -OCH3 is 1. The van der Waals surface area contributed by atoms with Gasteiger partial charge in [-0.1, -0.05) is 69.3 Å². The average Bonchev–Trinajstić information content (AvgIpc) is 3.47. The normalized spacial score (nSPS) is 31.5. The lowest BCUT2D eigenvalue weighted by molar-refractivity contribution is -0.141. The predicted octanol–water partition coefficient (Wildman–Crippen LogP) is 7.81. The molecule has 1 N–H and O–H groups in total. The first-order valence-corrected chi connectivity index (χ1v) is 17.7. The number of allylic oxidation sites excluding steroid dienone is 2. The Labute approximate surface area is 284 Å². The molecule has 4 aliphatic carbocycles. The lowest BCUT2D eigenvalue weighted by Gasteiger charge is -2.57. The summed E-state index contributed by atoms with van der Waals surface area (Å²) in [5.74, 6) is 0.178. The zero-order chi connectivity index (χ0) is 34.1. The molecule has 0 radical (unpaired) electrons. The number of amides is 1. The zero-order valence-electron chi connectivity index (χ0n) is 28.7. The molecular formula is C40H49NO7. The molecule has 6 rings (SSSR count). The van der Waals surface area contributed by atoms with Gasteiger partial charge >= 0.3 is 18.0 Å². The number of Topliss-reactive ketones (excluding diaryl/α,β-unsaturated/α-hetero) is 1. The van der Waals surface area contributed by atoms with E-state index in [0.717, 1.165) is 49.7 Å². The second-order valence-electron chi connectivity index (χ2n) is 14.9. The minimum atomic E-state index is -0.669. The van der Waals surface area contributed by atoms with Crippen molar-refractivity contribution < 1.29 is 33.4 Å². The van der Waals surface area contributed by atoms with E-state index in [9.17, 15) is 19.2 Å². The summed E-state index contributed by atoms with van der Waals surface area (Å²) in [5.41, 5.74) is 1.90. The van der Waals surface area contributed by atoms with Crippen molar-refractivity contribution in [3.8, 4) is 0 Å². The van der Waals surface area contributed by atoms with E-state index in [-0.39, 0.29) is 65.4 Å². The monoisotopic (exact) mass is 655 g/mol.